The lowest BCUT2D eigenvalue weighted by atomic mass is 10.1. The van der Waals surface area contributed by atoms with Crippen LogP contribution in [0.4, 0.5) is 5.69 Å². The van der Waals surface area contributed by atoms with Crippen LogP contribution < -0.4 is 16.0 Å². The Balaban J connectivity index is 1.60. The number of benzene rings is 1. The van der Waals surface area contributed by atoms with Crippen molar-refractivity contribution in [1.82, 2.24) is 10.6 Å². The number of hydrogen-bond acceptors (Lipinski definition) is 4. The van der Waals surface area contributed by atoms with Crippen molar-refractivity contribution in [2.75, 3.05) is 5.32 Å². The van der Waals surface area contributed by atoms with Crippen molar-refractivity contribution in [2.45, 2.75) is 31.8 Å². The maximum Gasteiger partial charge on any atom is 0.254 e. The molecule has 1 aromatic heterocycles. The van der Waals surface area contributed by atoms with Crippen LogP contribution >= 0.6 is 0 Å². The van der Waals surface area contributed by atoms with Gasteiger partial charge in [-0.2, -0.15) is 0 Å². The second-order valence-corrected chi connectivity index (χ2v) is 6.02. The van der Waals surface area contributed by atoms with Gasteiger partial charge in [0.15, 0.2) is 0 Å². The SMILES string of the molecule is C[C@H](Cc1ccco1)NC(=O)C[C@H]1NC(=O)c2ccccc2NC1=O. The van der Waals surface area contributed by atoms with E-state index in [1.54, 1.807) is 36.6 Å². The molecule has 130 valence electrons. The summed E-state index contributed by atoms with van der Waals surface area (Å²) in [7, 11) is 0. The van der Waals surface area contributed by atoms with E-state index in [0.29, 0.717) is 17.7 Å². The second kappa shape index (κ2) is 7.21. The monoisotopic (exact) mass is 341 g/mol. The molecule has 7 nitrogen and oxygen atoms in total. The first-order chi connectivity index (χ1) is 12.0. The van der Waals surface area contributed by atoms with E-state index in [2.05, 4.69) is 16.0 Å². The third-order valence-corrected chi connectivity index (χ3v) is 3.94. The predicted molar refractivity (Wildman–Crippen MR) is 91.0 cm³/mol. The van der Waals surface area contributed by atoms with Gasteiger partial charge >= 0.3 is 0 Å². The molecule has 0 bridgehead atoms. The van der Waals surface area contributed by atoms with Gasteiger partial charge in [-0.1, -0.05) is 12.1 Å². The van der Waals surface area contributed by atoms with Gasteiger partial charge < -0.3 is 20.4 Å². The summed E-state index contributed by atoms with van der Waals surface area (Å²) < 4.78 is 5.25. The number of para-hydroxylation sites is 1. The van der Waals surface area contributed by atoms with Crippen molar-refractivity contribution < 1.29 is 18.8 Å². The Kier molecular flexibility index (Phi) is 4.83. The largest absolute Gasteiger partial charge is 0.469 e. The van der Waals surface area contributed by atoms with Gasteiger partial charge in [0, 0.05) is 12.5 Å². The van der Waals surface area contributed by atoms with E-state index in [1.807, 2.05) is 13.0 Å². The Labute approximate surface area is 144 Å². The van der Waals surface area contributed by atoms with Crippen molar-refractivity contribution in [1.29, 1.82) is 0 Å². The standard InChI is InChI=1S/C18H19N3O4/c1-11(9-12-5-4-8-25-12)19-16(22)10-15-18(24)20-14-7-3-2-6-13(14)17(23)21-15/h2-8,11,15H,9-10H2,1H3,(H,19,22)(H,20,24)(H,21,23)/t11-,15-/m1/s1. The molecule has 0 saturated heterocycles. The molecule has 1 aliphatic rings. The zero-order chi connectivity index (χ0) is 17.8. The van der Waals surface area contributed by atoms with Crippen LogP contribution in [-0.2, 0) is 16.0 Å². The number of hydrogen-bond donors (Lipinski definition) is 3. The highest BCUT2D eigenvalue weighted by Crippen LogP contribution is 2.18. The van der Waals surface area contributed by atoms with Crippen molar-refractivity contribution >= 4 is 23.4 Å². The molecule has 2 heterocycles. The van der Waals surface area contributed by atoms with Gasteiger partial charge in [0.05, 0.1) is 23.9 Å². The quantitative estimate of drug-likeness (QED) is 0.766. The smallest absolute Gasteiger partial charge is 0.254 e. The fourth-order valence-corrected chi connectivity index (χ4v) is 2.76. The van der Waals surface area contributed by atoms with Crippen molar-refractivity contribution in [3.63, 3.8) is 0 Å². The van der Waals surface area contributed by atoms with Gasteiger partial charge in [0.25, 0.3) is 5.91 Å². The molecule has 0 aliphatic carbocycles. The Morgan fingerprint density at radius 2 is 2.04 bits per heavy atom. The first-order valence-electron chi connectivity index (χ1n) is 8.05. The molecule has 2 aromatic rings. The fraction of sp³-hybridized carbons (Fsp3) is 0.278. The number of rotatable bonds is 5. The Morgan fingerprint density at radius 1 is 1.24 bits per heavy atom. The summed E-state index contributed by atoms with van der Waals surface area (Å²) in [6.45, 7) is 1.85. The van der Waals surface area contributed by atoms with Crippen LogP contribution in [0.3, 0.4) is 0 Å². The van der Waals surface area contributed by atoms with Crippen molar-refractivity contribution in [2.24, 2.45) is 0 Å². The predicted octanol–water partition coefficient (Wildman–Crippen LogP) is 1.47. The molecule has 0 saturated carbocycles. The van der Waals surface area contributed by atoms with Gasteiger partial charge in [0.1, 0.15) is 11.8 Å². The molecule has 1 aromatic carbocycles. The first kappa shape index (κ1) is 16.8. The zero-order valence-electron chi connectivity index (χ0n) is 13.7. The normalized spacial score (nSPS) is 17.7. The fourth-order valence-electron chi connectivity index (χ4n) is 2.76. The van der Waals surface area contributed by atoms with Crippen molar-refractivity contribution in [3.05, 3.63) is 54.0 Å². The van der Waals surface area contributed by atoms with Crippen LogP contribution in [0.5, 0.6) is 0 Å². The summed E-state index contributed by atoms with van der Waals surface area (Å²) in [4.78, 5) is 36.7. The molecule has 3 rings (SSSR count). The number of carbonyl (C=O) groups excluding carboxylic acids is 3. The summed E-state index contributed by atoms with van der Waals surface area (Å²) >= 11 is 0. The van der Waals surface area contributed by atoms with Crippen LogP contribution in [0.25, 0.3) is 0 Å². The maximum absolute atomic E-state index is 12.3. The van der Waals surface area contributed by atoms with E-state index in [4.69, 9.17) is 4.42 Å². The molecule has 0 unspecified atom stereocenters. The number of amides is 3. The summed E-state index contributed by atoms with van der Waals surface area (Å²) in [5, 5.41) is 8.10. The average Bonchev–Trinajstić information content (AvgIpc) is 3.03. The lowest BCUT2D eigenvalue weighted by molar-refractivity contribution is -0.126. The minimum atomic E-state index is -0.921. The lowest BCUT2D eigenvalue weighted by Gasteiger charge is -2.17. The molecule has 2 atom stereocenters. The zero-order valence-corrected chi connectivity index (χ0v) is 13.7. The van der Waals surface area contributed by atoms with Crippen LogP contribution in [-0.4, -0.2) is 29.8 Å². The van der Waals surface area contributed by atoms with Gasteiger partial charge in [-0.25, -0.2) is 0 Å². The van der Waals surface area contributed by atoms with Crippen LogP contribution in [0, 0.1) is 0 Å². The summed E-state index contributed by atoms with van der Waals surface area (Å²) in [5.74, 6) is -0.336. The van der Waals surface area contributed by atoms with E-state index in [0.717, 1.165) is 5.76 Å². The Morgan fingerprint density at radius 3 is 2.80 bits per heavy atom. The first-order valence-corrected chi connectivity index (χ1v) is 8.05. The van der Waals surface area contributed by atoms with Gasteiger partial charge in [-0.3, -0.25) is 14.4 Å². The summed E-state index contributed by atoms with van der Waals surface area (Å²) in [5.41, 5.74) is 0.823. The number of nitrogens with one attached hydrogen (secondary N) is 3. The van der Waals surface area contributed by atoms with Crippen LogP contribution in [0.1, 0.15) is 29.5 Å². The van der Waals surface area contributed by atoms with E-state index in [-0.39, 0.29) is 24.3 Å². The number of anilines is 1. The molecular formula is C18H19N3O4. The molecule has 3 N–H and O–H groups in total. The van der Waals surface area contributed by atoms with E-state index < -0.39 is 11.9 Å². The van der Waals surface area contributed by atoms with Gasteiger partial charge in [0.2, 0.25) is 11.8 Å². The molecule has 25 heavy (non-hydrogen) atoms. The number of furan rings is 1. The minimum absolute atomic E-state index is 0.131. The average molecular weight is 341 g/mol. The molecule has 3 amide bonds. The molecule has 1 aliphatic heterocycles. The second-order valence-electron chi connectivity index (χ2n) is 6.02. The topological polar surface area (TPSA) is 100 Å². The third-order valence-electron chi connectivity index (χ3n) is 3.94. The highest BCUT2D eigenvalue weighted by molar-refractivity contribution is 6.10. The minimum Gasteiger partial charge on any atom is -0.469 e. The Hall–Kier alpha value is -3.09. The number of fused-ring (bicyclic) bond motifs is 1. The van der Waals surface area contributed by atoms with E-state index in [1.165, 1.54) is 0 Å². The highest BCUT2D eigenvalue weighted by Gasteiger charge is 2.29. The van der Waals surface area contributed by atoms with E-state index >= 15 is 0 Å². The molecule has 0 fully saturated rings. The molecule has 0 spiro atoms. The van der Waals surface area contributed by atoms with Gasteiger partial charge in [-0.15, -0.1) is 0 Å². The molecular weight excluding hydrogens is 322 g/mol. The highest BCUT2D eigenvalue weighted by atomic mass is 16.3. The summed E-state index contributed by atoms with van der Waals surface area (Å²) in [6, 6.07) is 9.27. The third kappa shape index (κ3) is 4.06. The van der Waals surface area contributed by atoms with Gasteiger partial charge in [-0.05, 0) is 31.2 Å². The molecule has 0 radical (unpaired) electrons. The van der Waals surface area contributed by atoms with Crippen LogP contribution in [0.15, 0.2) is 47.1 Å². The maximum atomic E-state index is 12.3. The Bertz CT molecular complexity index is 785. The summed E-state index contributed by atoms with van der Waals surface area (Å²) in [6.07, 6.45) is 1.99. The number of carbonyl (C=O) groups is 3. The molecule has 7 heteroatoms. The van der Waals surface area contributed by atoms with Crippen LogP contribution in [0.2, 0.25) is 0 Å². The van der Waals surface area contributed by atoms with Crippen molar-refractivity contribution in [3.8, 4) is 0 Å². The van der Waals surface area contributed by atoms with E-state index in [9.17, 15) is 14.4 Å². The lowest BCUT2D eigenvalue weighted by Crippen LogP contribution is -2.46.